The Morgan fingerprint density at radius 1 is 1.91 bits per heavy atom. The van der Waals surface area contributed by atoms with Gasteiger partial charge in [-0.05, 0) is 27.8 Å². The van der Waals surface area contributed by atoms with Crippen LogP contribution in [0.15, 0.2) is 10.7 Å². The Hall–Kier alpha value is -0.910. The number of aryl methyl sites for hydroxylation is 1. The molecule has 0 bridgehead atoms. The van der Waals surface area contributed by atoms with Crippen molar-refractivity contribution in [2.45, 2.75) is 13.5 Å². The Labute approximate surface area is 71.3 Å². The molecule has 1 aromatic rings. The zero-order valence-electron chi connectivity index (χ0n) is 5.82. The van der Waals surface area contributed by atoms with Crippen LogP contribution < -0.4 is 0 Å². The van der Waals surface area contributed by atoms with E-state index in [9.17, 15) is 10.1 Å². The first-order valence-electron chi connectivity index (χ1n) is 3.02. The smallest absolute Gasteiger partial charge is 0.358 e. The number of hydrogen-bond donors (Lipinski definition) is 0. The largest absolute Gasteiger partial charge is 0.404 e. The summed E-state index contributed by atoms with van der Waals surface area (Å²) >= 11 is 3.03. The van der Waals surface area contributed by atoms with Gasteiger partial charge in [-0.3, -0.25) is 0 Å². The van der Waals surface area contributed by atoms with Crippen LogP contribution in [0.25, 0.3) is 0 Å². The van der Waals surface area contributed by atoms with Crippen molar-refractivity contribution in [1.29, 1.82) is 0 Å². The maximum Gasteiger partial charge on any atom is 0.404 e. The second kappa shape index (κ2) is 3.00. The molecule has 0 radical (unpaired) electrons. The molecule has 5 nitrogen and oxygen atoms in total. The van der Waals surface area contributed by atoms with Gasteiger partial charge >= 0.3 is 5.82 Å². The summed E-state index contributed by atoms with van der Waals surface area (Å²) in [4.78, 5) is 9.73. The van der Waals surface area contributed by atoms with E-state index in [1.54, 1.807) is 6.20 Å². The van der Waals surface area contributed by atoms with E-state index in [4.69, 9.17) is 0 Å². The Morgan fingerprint density at radius 3 is 2.82 bits per heavy atom. The third-order valence-corrected chi connectivity index (χ3v) is 1.76. The average Bonchev–Trinajstić information content (AvgIpc) is 2.30. The lowest BCUT2D eigenvalue weighted by Gasteiger charge is -1.85. The number of aromatic nitrogens is 2. The van der Waals surface area contributed by atoms with Crippen LogP contribution in [0.5, 0.6) is 0 Å². The van der Waals surface area contributed by atoms with Gasteiger partial charge in [-0.15, -0.1) is 0 Å². The van der Waals surface area contributed by atoms with Gasteiger partial charge in [0.05, 0.1) is 17.8 Å². The van der Waals surface area contributed by atoms with Gasteiger partial charge in [0, 0.05) is 0 Å². The Bertz CT molecular complexity index is 283. The quantitative estimate of drug-likeness (QED) is 0.561. The van der Waals surface area contributed by atoms with Crippen molar-refractivity contribution < 1.29 is 4.92 Å². The van der Waals surface area contributed by atoms with Gasteiger partial charge in [-0.2, -0.15) is 4.68 Å². The molecular formula is C5H6BrN3O2. The lowest BCUT2D eigenvalue weighted by molar-refractivity contribution is -0.390. The molecule has 60 valence electrons. The molecule has 0 saturated heterocycles. The highest BCUT2D eigenvalue weighted by Gasteiger charge is 2.16. The van der Waals surface area contributed by atoms with Gasteiger partial charge in [-0.25, -0.2) is 0 Å². The summed E-state index contributed by atoms with van der Waals surface area (Å²) in [5, 5.41) is 13.9. The molecule has 11 heavy (non-hydrogen) atoms. The summed E-state index contributed by atoms with van der Waals surface area (Å²) in [6, 6.07) is 0. The fraction of sp³-hybridized carbons (Fsp3) is 0.400. The second-order valence-corrected chi connectivity index (χ2v) is 2.77. The zero-order chi connectivity index (χ0) is 8.43. The molecule has 0 spiro atoms. The normalized spacial score (nSPS) is 10.0. The molecule has 0 aliphatic heterocycles. The summed E-state index contributed by atoms with van der Waals surface area (Å²) in [7, 11) is 0. The standard InChI is InChI=1S/C5H6BrN3O2/c1-2-8-3-4(6)5(7-8)9(10)11/h3H,2H2,1H3. The Kier molecular flexibility index (Phi) is 2.23. The first-order valence-corrected chi connectivity index (χ1v) is 3.81. The Balaban J connectivity index is 3.07. The lowest BCUT2D eigenvalue weighted by Crippen LogP contribution is -1.95. The maximum absolute atomic E-state index is 10.3. The fourth-order valence-corrected chi connectivity index (χ4v) is 1.13. The topological polar surface area (TPSA) is 61.0 Å². The molecule has 1 heterocycles. The fourth-order valence-electron chi connectivity index (χ4n) is 0.673. The predicted molar refractivity (Wildman–Crippen MR) is 42.3 cm³/mol. The van der Waals surface area contributed by atoms with Gasteiger partial charge < -0.3 is 10.1 Å². The highest BCUT2D eigenvalue weighted by molar-refractivity contribution is 9.10. The summed E-state index contributed by atoms with van der Waals surface area (Å²) < 4.78 is 1.92. The average molecular weight is 220 g/mol. The van der Waals surface area contributed by atoms with Gasteiger partial charge in [-0.1, -0.05) is 0 Å². The summed E-state index contributed by atoms with van der Waals surface area (Å²) in [6.07, 6.45) is 1.58. The van der Waals surface area contributed by atoms with Crippen molar-refractivity contribution in [2.75, 3.05) is 0 Å². The first kappa shape index (κ1) is 8.19. The minimum atomic E-state index is -0.518. The summed E-state index contributed by atoms with van der Waals surface area (Å²) in [5.74, 6) is -0.133. The van der Waals surface area contributed by atoms with Crippen LogP contribution in [-0.2, 0) is 6.54 Å². The van der Waals surface area contributed by atoms with E-state index in [1.165, 1.54) is 4.68 Å². The SMILES string of the molecule is CCn1cc(Br)c([N+](=O)[O-])n1. The molecule has 0 saturated carbocycles. The van der Waals surface area contributed by atoms with Crippen LogP contribution in [0.4, 0.5) is 5.82 Å². The van der Waals surface area contributed by atoms with Crippen LogP contribution >= 0.6 is 15.9 Å². The van der Waals surface area contributed by atoms with Crippen molar-refractivity contribution in [3.05, 3.63) is 20.8 Å². The summed E-state index contributed by atoms with van der Waals surface area (Å²) in [5.41, 5.74) is 0. The molecule has 0 aromatic carbocycles. The van der Waals surface area contributed by atoms with Crippen molar-refractivity contribution in [3.63, 3.8) is 0 Å². The Morgan fingerprint density at radius 2 is 2.55 bits per heavy atom. The van der Waals surface area contributed by atoms with Gasteiger partial charge in [0.1, 0.15) is 4.47 Å². The third kappa shape index (κ3) is 1.56. The highest BCUT2D eigenvalue weighted by atomic mass is 79.9. The molecule has 0 aliphatic rings. The van der Waals surface area contributed by atoms with Crippen molar-refractivity contribution >= 4 is 21.7 Å². The van der Waals surface area contributed by atoms with E-state index in [2.05, 4.69) is 21.0 Å². The van der Waals surface area contributed by atoms with E-state index in [-0.39, 0.29) is 5.82 Å². The molecule has 1 aromatic heterocycles. The third-order valence-electron chi connectivity index (χ3n) is 1.20. The van der Waals surface area contributed by atoms with Crippen LogP contribution in [0.1, 0.15) is 6.92 Å². The molecule has 0 atom stereocenters. The van der Waals surface area contributed by atoms with Gasteiger partial charge in [0.25, 0.3) is 0 Å². The zero-order valence-corrected chi connectivity index (χ0v) is 7.41. The number of nitrogens with zero attached hydrogens (tertiary/aromatic N) is 3. The van der Waals surface area contributed by atoms with E-state index >= 15 is 0 Å². The summed E-state index contributed by atoms with van der Waals surface area (Å²) in [6.45, 7) is 2.50. The monoisotopic (exact) mass is 219 g/mol. The molecule has 1 rings (SSSR count). The maximum atomic E-state index is 10.3. The number of hydrogen-bond acceptors (Lipinski definition) is 3. The number of nitro groups is 1. The van der Waals surface area contributed by atoms with Crippen LogP contribution in [0.2, 0.25) is 0 Å². The predicted octanol–water partition coefficient (Wildman–Crippen LogP) is 1.57. The molecule has 0 amide bonds. The van der Waals surface area contributed by atoms with Crippen molar-refractivity contribution in [2.24, 2.45) is 0 Å². The van der Waals surface area contributed by atoms with E-state index in [0.29, 0.717) is 11.0 Å². The lowest BCUT2D eigenvalue weighted by atomic mass is 10.6. The van der Waals surface area contributed by atoms with Crippen LogP contribution in [-0.4, -0.2) is 14.7 Å². The molecule has 0 N–H and O–H groups in total. The van der Waals surface area contributed by atoms with Gasteiger partial charge in [0.2, 0.25) is 0 Å². The van der Waals surface area contributed by atoms with Crippen LogP contribution in [0.3, 0.4) is 0 Å². The molecular weight excluding hydrogens is 214 g/mol. The van der Waals surface area contributed by atoms with Crippen molar-refractivity contribution in [1.82, 2.24) is 9.78 Å². The molecule has 0 fully saturated rings. The number of halogens is 1. The van der Waals surface area contributed by atoms with E-state index in [0.717, 1.165) is 0 Å². The minimum absolute atomic E-state index is 0.133. The highest BCUT2D eigenvalue weighted by Crippen LogP contribution is 2.21. The van der Waals surface area contributed by atoms with Gasteiger partial charge in [0.15, 0.2) is 0 Å². The van der Waals surface area contributed by atoms with Crippen LogP contribution in [0, 0.1) is 10.1 Å². The number of rotatable bonds is 2. The first-order chi connectivity index (χ1) is 5.15. The molecule has 0 unspecified atom stereocenters. The van der Waals surface area contributed by atoms with Crippen molar-refractivity contribution in [3.8, 4) is 0 Å². The molecule has 0 aliphatic carbocycles. The van der Waals surface area contributed by atoms with E-state index < -0.39 is 4.92 Å². The second-order valence-electron chi connectivity index (χ2n) is 1.91. The van der Waals surface area contributed by atoms with E-state index in [1.807, 2.05) is 6.92 Å². The molecule has 6 heteroatoms. The minimum Gasteiger partial charge on any atom is -0.358 e.